The molecule has 0 saturated carbocycles. The van der Waals surface area contributed by atoms with E-state index in [1.54, 1.807) is 24.3 Å². The van der Waals surface area contributed by atoms with Gasteiger partial charge in [-0.15, -0.1) is 0 Å². The van der Waals surface area contributed by atoms with E-state index in [0.717, 1.165) is 0 Å². The molecule has 0 amide bonds. The largest absolute Gasteiger partial charge is 0.499 e. The molecule has 0 aliphatic heterocycles. The summed E-state index contributed by atoms with van der Waals surface area (Å²) in [7, 11) is -3.94. The molecule has 0 radical (unpaired) electrons. The second-order valence-corrected chi connectivity index (χ2v) is 18.5. The standard InChI is InChI=1S/C44H56O17Si.8CH4/c1-42(2,3)39(48)30-9-15-33(16-10-30)53-21-24-56-36(45)27-59-62(8,60-28-37(46)57-25-22-54-34-17-11-31(12-18-34)40(49)43(4,5)51)61-29-38(47)58-26-23-55-35-19-13-32(14-20-35)41(50)44(6,7)52;;;;;;;;/h9-20,51-52H,21-29H2,1-8H3;8*1H4. The first-order valence-corrected chi connectivity index (χ1v) is 21.9. The van der Waals surface area contributed by atoms with Crippen molar-refractivity contribution >= 4 is 44.1 Å². The fourth-order valence-electron chi connectivity index (χ4n) is 5.01. The fourth-order valence-corrected chi connectivity index (χ4v) is 6.40. The number of aliphatic hydroxyl groups is 2. The topological polar surface area (TPSA) is 226 Å². The number of esters is 3. The van der Waals surface area contributed by atoms with E-state index in [0.29, 0.717) is 33.9 Å². The van der Waals surface area contributed by atoms with Gasteiger partial charge in [0.05, 0.1) is 0 Å². The molecule has 2 N–H and O–H groups in total. The second kappa shape index (κ2) is 34.7. The van der Waals surface area contributed by atoms with E-state index in [4.69, 9.17) is 41.7 Å². The Morgan fingerprint density at radius 1 is 0.400 bits per heavy atom. The highest BCUT2D eigenvalue weighted by Gasteiger charge is 2.38. The molecule has 0 aromatic heterocycles. The van der Waals surface area contributed by atoms with Crippen LogP contribution in [0.25, 0.3) is 0 Å². The van der Waals surface area contributed by atoms with Gasteiger partial charge < -0.3 is 51.9 Å². The van der Waals surface area contributed by atoms with Crippen molar-refractivity contribution in [1.29, 1.82) is 0 Å². The number of Topliss-reactive ketones (excluding diaryl/α,β-unsaturated/α-hetero) is 3. The lowest BCUT2D eigenvalue weighted by Crippen LogP contribution is -2.46. The molecule has 3 rings (SSSR count). The molecule has 0 fully saturated rings. The summed E-state index contributed by atoms with van der Waals surface area (Å²) in [6, 6.07) is 18.7. The quantitative estimate of drug-likeness (QED) is 0.0251. The summed E-state index contributed by atoms with van der Waals surface area (Å²) in [4.78, 5) is 74.6. The Hall–Kier alpha value is -5.50. The average Bonchev–Trinajstić information content (AvgIpc) is 3.22. The van der Waals surface area contributed by atoms with E-state index in [-0.39, 0.29) is 105 Å². The maximum Gasteiger partial charge on any atom is 0.499 e. The number of ketones is 3. The number of hydrogen-bond donors (Lipinski definition) is 2. The van der Waals surface area contributed by atoms with Crippen molar-refractivity contribution in [3.8, 4) is 17.2 Å². The Morgan fingerprint density at radius 2 is 0.629 bits per heavy atom. The third-order valence-electron chi connectivity index (χ3n) is 8.34. The highest BCUT2D eigenvalue weighted by atomic mass is 28.4. The predicted molar refractivity (Wildman–Crippen MR) is 277 cm³/mol. The first kappa shape index (κ1) is 76.0. The second-order valence-electron chi connectivity index (χ2n) is 15.9. The monoisotopic (exact) mass is 1010 g/mol. The molecule has 0 aliphatic rings. The van der Waals surface area contributed by atoms with Gasteiger partial charge in [0, 0.05) is 28.7 Å². The summed E-state index contributed by atoms with van der Waals surface area (Å²) in [5, 5.41) is 19.9. The molecule has 17 nitrogen and oxygen atoms in total. The Bertz CT molecular complexity index is 1740. The molecule has 0 spiro atoms. The van der Waals surface area contributed by atoms with Crippen LogP contribution in [0, 0.1) is 5.41 Å². The van der Waals surface area contributed by atoms with Crippen molar-refractivity contribution in [2.75, 3.05) is 59.5 Å². The van der Waals surface area contributed by atoms with Gasteiger partial charge in [-0.25, -0.2) is 14.4 Å². The molecule has 0 unspecified atom stereocenters. The maximum absolute atomic E-state index is 12.6. The minimum atomic E-state index is -3.94. The zero-order valence-corrected chi connectivity index (χ0v) is 37.3. The molecule has 0 saturated heterocycles. The lowest BCUT2D eigenvalue weighted by atomic mass is 9.86. The Kier molecular flexibility index (Phi) is 37.7. The van der Waals surface area contributed by atoms with Gasteiger partial charge >= 0.3 is 26.7 Å². The molecule has 3 aromatic rings. The van der Waals surface area contributed by atoms with E-state index in [2.05, 4.69) is 0 Å². The number of ether oxygens (including phenoxy) is 6. The number of hydrogen-bond acceptors (Lipinski definition) is 17. The van der Waals surface area contributed by atoms with Crippen molar-refractivity contribution in [2.24, 2.45) is 5.41 Å². The highest BCUT2D eigenvalue weighted by molar-refractivity contribution is 6.59. The molecule has 18 heteroatoms. The minimum Gasteiger partial charge on any atom is -0.490 e. The van der Waals surface area contributed by atoms with Crippen LogP contribution in [0.1, 0.15) is 139 Å². The van der Waals surface area contributed by atoms with Gasteiger partial charge in [0.25, 0.3) is 0 Å². The van der Waals surface area contributed by atoms with E-state index in [1.165, 1.54) is 82.8 Å². The van der Waals surface area contributed by atoms with Crippen LogP contribution in [-0.2, 0) is 41.9 Å². The van der Waals surface area contributed by atoms with Gasteiger partial charge in [0.15, 0.2) is 17.3 Å². The van der Waals surface area contributed by atoms with Gasteiger partial charge in [-0.2, -0.15) is 0 Å². The number of benzene rings is 3. The van der Waals surface area contributed by atoms with Crippen molar-refractivity contribution in [1.82, 2.24) is 0 Å². The highest BCUT2D eigenvalue weighted by Crippen LogP contribution is 2.23. The van der Waals surface area contributed by atoms with Gasteiger partial charge in [0.2, 0.25) is 0 Å². The lowest BCUT2D eigenvalue weighted by Gasteiger charge is -2.25. The molecular weight excluding hydrogens is 925 g/mol. The summed E-state index contributed by atoms with van der Waals surface area (Å²) < 4.78 is 49.1. The Balaban J connectivity index is -0.00000128. The first-order valence-electron chi connectivity index (χ1n) is 19.6. The molecule has 70 heavy (non-hydrogen) atoms. The van der Waals surface area contributed by atoms with Crippen molar-refractivity contribution in [3.05, 3.63) is 89.5 Å². The lowest BCUT2D eigenvalue weighted by molar-refractivity contribution is -0.152. The van der Waals surface area contributed by atoms with Gasteiger partial charge in [-0.1, -0.05) is 80.2 Å². The van der Waals surface area contributed by atoms with Crippen molar-refractivity contribution < 1.29 is 80.7 Å². The van der Waals surface area contributed by atoms with Crippen LogP contribution in [-0.4, -0.2) is 125 Å². The van der Waals surface area contributed by atoms with Crippen molar-refractivity contribution in [2.45, 2.75) is 126 Å². The normalized spacial score (nSPS) is 10.5. The maximum atomic E-state index is 12.6. The van der Waals surface area contributed by atoms with Crippen LogP contribution in [0.5, 0.6) is 17.2 Å². The van der Waals surface area contributed by atoms with Crippen LogP contribution >= 0.6 is 0 Å². The van der Waals surface area contributed by atoms with E-state index < -0.39 is 74.7 Å². The van der Waals surface area contributed by atoms with Crippen LogP contribution in [0.4, 0.5) is 0 Å². The summed E-state index contributed by atoms with van der Waals surface area (Å²) >= 11 is 0. The van der Waals surface area contributed by atoms with Crippen LogP contribution < -0.4 is 14.2 Å². The van der Waals surface area contributed by atoms with Gasteiger partial charge in [-0.05, 0) is 100 Å². The minimum absolute atomic E-state index is 0. The predicted octanol–water partition coefficient (Wildman–Crippen LogP) is 9.70. The van der Waals surface area contributed by atoms with Gasteiger partial charge in [0.1, 0.15) is 87.9 Å². The fraction of sp³-hybridized carbons (Fsp3) is 0.538. The summed E-state index contributed by atoms with van der Waals surface area (Å²) in [6.07, 6.45) is 0. The molecule has 402 valence electrons. The van der Waals surface area contributed by atoms with Crippen LogP contribution in [0.3, 0.4) is 0 Å². The third-order valence-corrected chi connectivity index (χ3v) is 10.4. The third kappa shape index (κ3) is 27.0. The van der Waals surface area contributed by atoms with E-state index in [9.17, 15) is 39.0 Å². The summed E-state index contributed by atoms with van der Waals surface area (Å²) in [5.74, 6) is -2.17. The number of carbonyl (C=O) groups excluding carboxylic acids is 6. The number of carbonyl (C=O) groups is 6. The van der Waals surface area contributed by atoms with E-state index >= 15 is 0 Å². The van der Waals surface area contributed by atoms with Gasteiger partial charge in [-0.3, -0.25) is 14.4 Å². The molecule has 0 heterocycles. The Morgan fingerprint density at radius 3 is 0.843 bits per heavy atom. The Labute approximate surface area is 420 Å². The summed E-state index contributed by atoms with van der Waals surface area (Å²) in [6.45, 7) is 9.74. The molecule has 3 aromatic carbocycles. The molecule has 0 aliphatic carbocycles. The van der Waals surface area contributed by atoms with Crippen LogP contribution in [0.2, 0.25) is 6.55 Å². The van der Waals surface area contributed by atoms with E-state index in [1.807, 2.05) is 20.8 Å². The smallest absolute Gasteiger partial charge is 0.490 e. The molecule has 0 atom stereocenters. The van der Waals surface area contributed by atoms with Crippen LogP contribution in [0.15, 0.2) is 72.8 Å². The molecule has 0 bridgehead atoms. The number of rotatable bonds is 26. The zero-order chi connectivity index (χ0) is 46.1. The SMILES string of the molecule is C.C.C.C.C.C.C.C.CC(C)(C)C(=O)c1ccc(OCCOC(=O)CO[Si](C)(OCC(=O)OCCOc2ccc(C(=O)C(C)(C)O)cc2)OCC(=O)OCCOc2ccc(C(=O)C(C)(C)O)cc2)cc1. The summed E-state index contributed by atoms with van der Waals surface area (Å²) in [5.41, 5.74) is -2.46. The zero-order valence-electron chi connectivity index (χ0n) is 36.3. The first-order chi connectivity index (χ1) is 29.0. The van der Waals surface area contributed by atoms with Crippen molar-refractivity contribution in [3.63, 3.8) is 0 Å². The molecular formula is C52H88O17Si. The average molecular weight is 1010 g/mol.